The van der Waals surface area contributed by atoms with Crippen molar-refractivity contribution in [1.82, 2.24) is 5.32 Å². The van der Waals surface area contributed by atoms with Gasteiger partial charge in [-0.1, -0.05) is 44.2 Å². The van der Waals surface area contributed by atoms with Crippen LogP contribution in [0.15, 0.2) is 66.0 Å². The maximum absolute atomic E-state index is 12.5. The van der Waals surface area contributed by atoms with Gasteiger partial charge in [0.2, 0.25) is 11.8 Å². The summed E-state index contributed by atoms with van der Waals surface area (Å²) in [6, 6.07) is 19.7. The average molecular weight is 422 g/mol. The van der Waals surface area contributed by atoms with E-state index in [4.69, 9.17) is 0 Å². The van der Waals surface area contributed by atoms with Crippen LogP contribution < -0.4 is 16.0 Å². The van der Waals surface area contributed by atoms with Crippen LogP contribution in [0, 0.1) is 0 Å². The van der Waals surface area contributed by atoms with Crippen molar-refractivity contribution in [3.63, 3.8) is 0 Å². The molecule has 0 saturated carbocycles. The molecule has 1 aromatic heterocycles. The summed E-state index contributed by atoms with van der Waals surface area (Å²) in [5.74, 6) is 0.231. The highest BCUT2D eigenvalue weighted by atomic mass is 32.1. The fourth-order valence-electron chi connectivity index (χ4n) is 3.15. The van der Waals surface area contributed by atoms with E-state index in [1.165, 1.54) is 17.4 Å². The molecule has 0 fully saturated rings. The second kappa shape index (κ2) is 10.2. The number of carbonyl (C=O) groups is 2. The second-order valence-electron chi connectivity index (χ2n) is 7.46. The zero-order chi connectivity index (χ0) is 21.5. The van der Waals surface area contributed by atoms with E-state index in [0.29, 0.717) is 17.3 Å². The molecular formula is C24H27N3O2S. The molecule has 0 saturated heterocycles. The van der Waals surface area contributed by atoms with E-state index in [9.17, 15) is 9.59 Å². The van der Waals surface area contributed by atoms with Gasteiger partial charge in [0.15, 0.2) is 0 Å². The van der Waals surface area contributed by atoms with Crippen LogP contribution >= 0.6 is 11.3 Å². The van der Waals surface area contributed by atoms with E-state index in [1.54, 1.807) is 35.6 Å². The Morgan fingerprint density at radius 2 is 1.47 bits per heavy atom. The predicted molar refractivity (Wildman–Crippen MR) is 124 cm³/mol. The molecule has 3 rings (SSSR count). The molecule has 2 aromatic carbocycles. The maximum Gasteiger partial charge on any atom is 0.238 e. The van der Waals surface area contributed by atoms with E-state index in [1.807, 2.05) is 11.4 Å². The van der Waals surface area contributed by atoms with Crippen molar-refractivity contribution in [2.24, 2.45) is 0 Å². The van der Waals surface area contributed by atoms with Crippen LogP contribution in [-0.4, -0.2) is 18.4 Å². The summed E-state index contributed by atoms with van der Waals surface area (Å²) in [6.07, 6.45) is 0. The van der Waals surface area contributed by atoms with Crippen LogP contribution in [0.1, 0.15) is 48.7 Å². The molecule has 1 atom stereocenters. The molecule has 30 heavy (non-hydrogen) atoms. The van der Waals surface area contributed by atoms with Crippen molar-refractivity contribution in [2.45, 2.75) is 32.7 Å². The number of benzene rings is 2. The van der Waals surface area contributed by atoms with Crippen molar-refractivity contribution in [1.29, 1.82) is 0 Å². The topological polar surface area (TPSA) is 70.2 Å². The molecule has 0 bridgehead atoms. The number of hydrogen-bond acceptors (Lipinski definition) is 4. The van der Waals surface area contributed by atoms with E-state index in [-0.39, 0.29) is 24.4 Å². The lowest BCUT2D eigenvalue weighted by Crippen LogP contribution is -2.31. The third-order valence-electron chi connectivity index (χ3n) is 4.72. The van der Waals surface area contributed by atoms with Gasteiger partial charge < -0.3 is 10.6 Å². The van der Waals surface area contributed by atoms with Gasteiger partial charge in [0.25, 0.3) is 0 Å². The Morgan fingerprint density at radius 3 is 2.00 bits per heavy atom. The number of anilines is 2. The highest BCUT2D eigenvalue weighted by molar-refractivity contribution is 7.10. The lowest BCUT2D eigenvalue weighted by molar-refractivity contribution is -0.115. The maximum atomic E-state index is 12.5. The van der Waals surface area contributed by atoms with Gasteiger partial charge in [-0.05, 0) is 52.8 Å². The normalized spacial score (nSPS) is 11.9. The van der Waals surface area contributed by atoms with Gasteiger partial charge in [-0.15, -0.1) is 11.3 Å². The summed E-state index contributed by atoms with van der Waals surface area (Å²) in [5.41, 5.74) is 3.81. The molecule has 156 valence electrons. The number of amides is 2. The molecule has 0 unspecified atom stereocenters. The first-order valence-corrected chi connectivity index (χ1v) is 10.8. The van der Waals surface area contributed by atoms with Gasteiger partial charge >= 0.3 is 0 Å². The van der Waals surface area contributed by atoms with E-state index >= 15 is 0 Å². The van der Waals surface area contributed by atoms with Crippen molar-refractivity contribution in [3.8, 4) is 0 Å². The van der Waals surface area contributed by atoms with Gasteiger partial charge in [-0.2, -0.15) is 0 Å². The monoisotopic (exact) mass is 421 g/mol. The highest BCUT2D eigenvalue weighted by Gasteiger charge is 2.16. The summed E-state index contributed by atoms with van der Waals surface area (Å²) in [7, 11) is 0. The Kier molecular flexibility index (Phi) is 7.38. The van der Waals surface area contributed by atoms with Crippen LogP contribution in [0.25, 0.3) is 0 Å². The zero-order valence-corrected chi connectivity index (χ0v) is 18.3. The lowest BCUT2D eigenvalue weighted by Gasteiger charge is -2.19. The molecule has 3 aromatic rings. The van der Waals surface area contributed by atoms with Crippen LogP contribution in [0.4, 0.5) is 11.4 Å². The summed E-state index contributed by atoms with van der Waals surface area (Å²) >= 11 is 1.67. The fraction of sp³-hybridized carbons (Fsp3) is 0.250. The smallest absolute Gasteiger partial charge is 0.238 e. The molecule has 2 amide bonds. The number of rotatable bonds is 8. The zero-order valence-electron chi connectivity index (χ0n) is 17.4. The van der Waals surface area contributed by atoms with Crippen molar-refractivity contribution < 1.29 is 9.59 Å². The molecule has 5 nitrogen and oxygen atoms in total. The summed E-state index contributed by atoms with van der Waals surface area (Å²) in [5, 5.41) is 11.0. The number of carbonyl (C=O) groups excluding carboxylic acids is 2. The standard InChI is InChI=1S/C24H27N3O2S/c1-16(2)18-6-8-19(9-7-18)24(22-5-4-14-30-22)25-15-23(29)27-21-12-10-20(11-13-21)26-17(3)28/h4-14,16,24-25H,15H2,1-3H3,(H,26,28)(H,27,29)/t24-/m0/s1. The summed E-state index contributed by atoms with van der Waals surface area (Å²) in [4.78, 5) is 24.8. The third-order valence-corrected chi connectivity index (χ3v) is 5.66. The molecular weight excluding hydrogens is 394 g/mol. The first-order chi connectivity index (χ1) is 14.4. The minimum absolute atomic E-state index is 0.0425. The van der Waals surface area contributed by atoms with Crippen LogP contribution in [0.2, 0.25) is 0 Å². The van der Waals surface area contributed by atoms with Gasteiger partial charge in [0.05, 0.1) is 12.6 Å². The first-order valence-electron chi connectivity index (χ1n) is 9.96. The Labute approximate surface area is 181 Å². The summed E-state index contributed by atoms with van der Waals surface area (Å²) < 4.78 is 0. The molecule has 3 N–H and O–H groups in total. The van der Waals surface area contributed by atoms with Crippen molar-refractivity contribution >= 4 is 34.5 Å². The van der Waals surface area contributed by atoms with Gasteiger partial charge in [-0.3, -0.25) is 14.9 Å². The average Bonchev–Trinajstić information content (AvgIpc) is 3.24. The van der Waals surface area contributed by atoms with Crippen LogP contribution in [0.3, 0.4) is 0 Å². The molecule has 0 aliphatic heterocycles. The number of nitrogens with one attached hydrogen (secondary N) is 3. The quantitative estimate of drug-likeness (QED) is 0.471. The van der Waals surface area contributed by atoms with E-state index in [0.717, 1.165) is 5.56 Å². The Morgan fingerprint density at radius 1 is 0.867 bits per heavy atom. The van der Waals surface area contributed by atoms with Crippen LogP contribution in [0.5, 0.6) is 0 Å². The Bertz CT molecular complexity index is 965. The van der Waals surface area contributed by atoms with E-state index < -0.39 is 0 Å². The largest absolute Gasteiger partial charge is 0.326 e. The number of hydrogen-bond donors (Lipinski definition) is 3. The third kappa shape index (κ3) is 6.02. The van der Waals surface area contributed by atoms with E-state index in [2.05, 4.69) is 60.1 Å². The minimum Gasteiger partial charge on any atom is -0.326 e. The summed E-state index contributed by atoms with van der Waals surface area (Å²) in [6.45, 7) is 6.00. The number of thiophene rings is 1. The van der Waals surface area contributed by atoms with Crippen LogP contribution in [-0.2, 0) is 9.59 Å². The predicted octanol–water partition coefficient (Wildman–Crippen LogP) is 5.15. The van der Waals surface area contributed by atoms with Gasteiger partial charge in [0.1, 0.15) is 0 Å². The van der Waals surface area contributed by atoms with Crippen molar-refractivity contribution in [3.05, 3.63) is 82.0 Å². The Hall–Kier alpha value is -2.96. The lowest BCUT2D eigenvalue weighted by atomic mass is 9.98. The van der Waals surface area contributed by atoms with Gasteiger partial charge in [0, 0.05) is 23.2 Å². The SMILES string of the molecule is CC(=O)Nc1ccc(NC(=O)CN[C@@H](c2ccc(C(C)C)cc2)c2cccs2)cc1. The van der Waals surface area contributed by atoms with Gasteiger partial charge in [-0.25, -0.2) is 0 Å². The molecule has 0 spiro atoms. The fourth-order valence-corrected chi connectivity index (χ4v) is 3.98. The molecule has 0 aliphatic carbocycles. The molecule has 1 heterocycles. The molecule has 0 aliphatic rings. The first kappa shape index (κ1) is 21.7. The van der Waals surface area contributed by atoms with Crippen molar-refractivity contribution in [2.75, 3.05) is 17.2 Å². The molecule has 6 heteroatoms. The Balaban J connectivity index is 1.64. The minimum atomic E-state index is -0.128. The highest BCUT2D eigenvalue weighted by Crippen LogP contribution is 2.27. The molecule has 0 radical (unpaired) electrons. The second-order valence-corrected chi connectivity index (χ2v) is 8.44.